The van der Waals surface area contributed by atoms with E-state index in [4.69, 9.17) is 0 Å². The van der Waals surface area contributed by atoms with Crippen LogP contribution in [0.5, 0.6) is 0 Å². The molecule has 4 nitrogen and oxygen atoms in total. The molecule has 0 bridgehead atoms. The molecule has 0 spiro atoms. The number of rotatable bonds is 5. The topological polar surface area (TPSA) is 54.0 Å². The quantitative estimate of drug-likeness (QED) is 0.890. The lowest BCUT2D eigenvalue weighted by molar-refractivity contribution is 0.0935. The summed E-state index contributed by atoms with van der Waals surface area (Å²) in [6.07, 6.45) is 2.50. The highest BCUT2D eigenvalue weighted by Gasteiger charge is 2.12. The van der Waals surface area contributed by atoms with E-state index in [0.717, 1.165) is 12.1 Å². The normalized spacial score (nSPS) is 11.9. The number of hydrogen-bond acceptors (Lipinski definition) is 4. The second kappa shape index (κ2) is 6.52. The third-order valence-electron chi connectivity index (χ3n) is 2.97. The van der Waals surface area contributed by atoms with Crippen LogP contribution in [-0.4, -0.2) is 24.0 Å². The minimum absolute atomic E-state index is 0.0892. The SMILES string of the molecule is CNc1ccc(C(=O)NC(C)Cc2ccc(C)s2)nc1. The van der Waals surface area contributed by atoms with E-state index in [9.17, 15) is 4.79 Å². The smallest absolute Gasteiger partial charge is 0.270 e. The summed E-state index contributed by atoms with van der Waals surface area (Å²) in [7, 11) is 1.82. The Bertz CT molecular complexity index is 577. The minimum atomic E-state index is -0.131. The summed E-state index contributed by atoms with van der Waals surface area (Å²) < 4.78 is 0. The van der Waals surface area contributed by atoms with E-state index in [1.54, 1.807) is 23.6 Å². The predicted octanol–water partition coefficient (Wildman–Crippen LogP) is 2.85. The number of pyridine rings is 1. The Morgan fingerprint density at radius 2 is 2.15 bits per heavy atom. The first-order chi connectivity index (χ1) is 9.58. The molecule has 5 heteroatoms. The average Bonchev–Trinajstić information content (AvgIpc) is 2.84. The van der Waals surface area contributed by atoms with Crippen LogP contribution in [0.3, 0.4) is 0 Å². The fourth-order valence-corrected chi connectivity index (χ4v) is 2.94. The molecule has 1 amide bonds. The number of carbonyl (C=O) groups is 1. The van der Waals surface area contributed by atoms with Crippen LogP contribution in [-0.2, 0) is 6.42 Å². The maximum absolute atomic E-state index is 12.1. The summed E-state index contributed by atoms with van der Waals surface area (Å²) in [5.41, 5.74) is 1.34. The van der Waals surface area contributed by atoms with Crippen molar-refractivity contribution in [2.75, 3.05) is 12.4 Å². The molecule has 20 heavy (non-hydrogen) atoms. The molecule has 2 heterocycles. The molecule has 0 saturated carbocycles. The van der Waals surface area contributed by atoms with E-state index in [0.29, 0.717) is 5.69 Å². The number of anilines is 1. The Labute approximate surface area is 123 Å². The summed E-state index contributed by atoms with van der Waals surface area (Å²) in [6.45, 7) is 4.10. The molecule has 2 aromatic heterocycles. The highest BCUT2D eigenvalue weighted by atomic mass is 32.1. The lowest BCUT2D eigenvalue weighted by Crippen LogP contribution is -2.34. The van der Waals surface area contributed by atoms with Crippen LogP contribution in [0.25, 0.3) is 0 Å². The van der Waals surface area contributed by atoms with Crippen molar-refractivity contribution in [3.05, 3.63) is 45.9 Å². The summed E-state index contributed by atoms with van der Waals surface area (Å²) in [5, 5.41) is 5.95. The Balaban J connectivity index is 1.92. The fourth-order valence-electron chi connectivity index (χ4n) is 1.92. The van der Waals surface area contributed by atoms with Gasteiger partial charge in [-0.15, -0.1) is 11.3 Å². The molecule has 106 valence electrons. The van der Waals surface area contributed by atoms with E-state index in [-0.39, 0.29) is 11.9 Å². The first-order valence-electron chi connectivity index (χ1n) is 6.58. The maximum atomic E-state index is 12.1. The van der Waals surface area contributed by atoms with Crippen molar-refractivity contribution in [1.29, 1.82) is 0 Å². The van der Waals surface area contributed by atoms with Gasteiger partial charge in [-0.3, -0.25) is 4.79 Å². The number of aryl methyl sites for hydroxylation is 1. The largest absolute Gasteiger partial charge is 0.387 e. The van der Waals surface area contributed by atoms with Gasteiger partial charge < -0.3 is 10.6 Å². The zero-order valence-corrected chi connectivity index (χ0v) is 12.8. The highest BCUT2D eigenvalue weighted by Crippen LogP contribution is 2.16. The Hall–Kier alpha value is -1.88. The molecule has 1 atom stereocenters. The summed E-state index contributed by atoms with van der Waals surface area (Å²) in [4.78, 5) is 18.8. The third-order valence-corrected chi connectivity index (χ3v) is 3.99. The number of amides is 1. The van der Waals surface area contributed by atoms with Gasteiger partial charge in [0.1, 0.15) is 5.69 Å². The molecule has 0 radical (unpaired) electrons. The Kier molecular flexibility index (Phi) is 4.74. The predicted molar refractivity (Wildman–Crippen MR) is 83.5 cm³/mol. The van der Waals surface area contributed by atoms with Gasteiger partial charge in [-0.25, -0.2) is 4.98 Å². The second-order valence-electron chi connectivity index (χ2n) is 4.77. The lowest BCUT2D eigenvalue weighted by atomic mass is 10.2. The molecule has 0 aromatic carbocycles. The lowest BCUT2D eigenvalue weighted by Gasteiger charge is -2.12. The van der Waals surface area contributed by atoms with Crippen molar-refractivity contribution in [2.45, 2.75) is 26.3 Å². The maximum Gasteiger partial charge on any atom is 0.270 e. The van der Waals surface area contributed by atoms with E-state index in [2.05, 4.69) is 34.7 Å². The molecule has 0 aliphatic carbocycles. The van der Waals surface area contributed by atoms with Crippen molar-refractivity contribution in [3.63, 3.8) is 0 Å². The van der Waals surface area contributed by atoms with Crippen molar-refractivity contribution < 1.29 is 4.79 Å². The number of thiophene rings is 1. The van der Waals surface area contributed by atoms with Gasteiger partial charge in [0.25, 0.3) is 5.91 Å². The summed E-state index contributed by atoms with van der Waals surface area (Å²) >= 11 is 1.77. The van der Waals surface area contributed by atoms with Crippen LogP contribution in [0.15, 0.2) is 30.5 Å². The highest BCUT2D eigenvalue weighted by molar-refractivity contribution is 7.11. The van der Waals surface area contributed by atoms with Gasteiger partial charge in [0.05, 0.1) is 11.9 Å². The molecule has 2 aromatic rings. The molecular formula is C15H19N3OS. The number of carbonyl (C=O) groups excluding carboxylic acids is 1. The molecule has 0 saturated heterocycles. The Morgan fingerprint density at radius 1 is 1.35 bits per heavy atom. The van der Waals surface area contributed by atoms with Crippen molar-refractivity contribution in [2.24, 2.45) is 0 Å². The zero-order valence-electron chi connectivity index (χ0n) is 11.9. The first kappa shape index (κ1) is 14.5. The van der Waals surface area contributed by atoms with E-state index in [1.807, 2.05) is 20.0 Å². The van der Waals surface area contributed by atoms with Crippen molar-refractivity contribution in [3.8, 4) is 0 Å². The number of hydrogen-bond donors (Lipinski definition) is 2. The third kappa shape index (κ3) is 3.81. The van der Waals surface area contributed by atoms with Crippen LogP contribution in [0, 0.1) is 6.92 Å². The zero-order chi connectivity index (χ0) is 14.5. The monoisotopic (exact) mass is 289 g/mol. The van der Waals surface area contributed by atoms with E-state index < -0.39 is 0 Å². The van der Waals surface area contributed by atoms with Crippen LogP contribution in [0.4, 0.5) is 5.69 Å². The van der Waals surface area contributed by atoms with Crippen LogP contribution in [0.2, 0.25) is 0 Å². The van der Waals surface area contributed by atoms with Crippen molar-refractivity contribution >= 4 is 22.9 Å². The van der Waals surface area contributed by atoms with Crippen molar-refractivity contribution in [1.82, 2.24) is 10.3 Å². The number of aromatic nitrogens is 1. The average molecular weight is 289 g/mol. The van der Waals surface area contributed by atoms with Gasteiger partial charge in [0.15, 0.2) is 0 Å². The molecule has 0 aliphatic heterocycles. The first-order valence-corrected chi connectivity index (χ1v) is 7.40. The van der Waals surface area contributed by atoms with Crippen LogP contribution in [0.1, 0.15) is 27.2 Å². The molecular weight excluding hydrogens is 270 g/mol. The standard InChI is InChI=1S/C15H19N3OS/c1-10(8-13-6-4-11(2)20-13)18-15(19)14-7-5-12(16-3)9-17-14/h4-7,9-10,16H,8H2,1-3H3,(H,18,19). The fraction of sp³-hybridized carbons (Fsp3) is 0.333. The minimum Gasteiger partial charge on any atom is -0.387 e. The molecule has 1 unspecified atom stereocenters. The second-order valence-corrected chi connectivity index (χ2v) is 6.15. The van der Waals surface area contributed by atoms with Gasteiger partial charge in [0, 0.05) is 29.3 Å². The summed E-state index contributed by atoms with van der Waals surface area (Å²) in [5.74, 6) is -0.131. The van der Waals surface area contributed by atoms with Gasteiger partial charge in [-0.1, -0.05) is 0 Å². The number of nitrogens with one attached hydrogen (secondary N) is 2. The van der Waals surface area contributed by atoms with Gasteiger partial charge >= 0.3 is 0 Å². The molecule has 2 N–H and O–H groups in total. The molecule has 2 rings (SSSR count). The van der Waals surface area contributed by atoms with Gasteiger partial charge in [-0.2, -0.15) is 0 Å². The molecule has 0 aliphatic rings. The van der Waals surface area contributed by atoms with E-state index in [1.165, 1.54) is 9.75 Å². The van der Waals surface area contributed by atoms with Gasteiger partial charge in [-0.05, 0) is 38.1 Å². The van der Waals surface area contributed by atoms with Gasteiger partial charge in [0.2, 0.25) is 0 Å². The number of nitrogens with zero attached hydrogens (tertiary/aromatic N) is 1. The molecule has 0 fully saturated rings. The summed E-state index contributed by atoms with van der Waals surface area (Å²) in [6, 6.07) is 7.87. The van der Waals surface area contributed by atoms with Crippen LogP contribution < -0.4 is 10.6 Å². The van der Waals surface area contributed by atoms with Crippen LogP contribution >= 0.6 is 11.3 Å². The Morgan fingerprint density at radius 3 is 2.70 bits per heavy atom. The van der Waals surface area contributed by atoms with E-state index >= 15 is 0 Å².